The standard InChI is InChI=1S/C14H20O4/c1-9-6-13(18-11(3)8-17-4)10(2)5-12(9)7-14(15)16/h5-6,11H,7-8H2,1-4H3,(H,15,16). The number of hydrogen-bond acceptors (Lipinski definition) is 3. The van der Waals surface area contributed by atoms with Crippen LogP contribution in [0.15, 0.2) is 12.1 Å². The summed E-state index contributed by atoms with van der Waals surface area (Å²) in [7, 11) is 1.63. The number of aliphatic carboxylic acids is 1. The highest BCUT2D eigenvalue weighted by atomic mass is 16.5. The molecule has 0 spiro atoms. The maximum atomic E-state index is 10.7. The Balaban J connectivity index is 2.89. The van der Waals surface area contributed by atoms with Gasteiger partial charge in [0, 0.05) is 7.11 Å². The van der Waals surface area contributed by atoms with Gasteiger partial charge in [-0.2, -0.15) is 0 Å². The Kier molecular flexibility index (Phi) is 5.16. The van der Waals surface area contributed by atoms with E-state index in [1.165, 1.54) is 0 Å². The summed E-state index contributed by atoms with van der Waals surface area (Å²) >= 11 is 0. The van der Waals surface area contributed by atoms with E-state index in [0.29, 0.717) is 6.61 Å². The van der Waals surface area contributed by atoms with Crippen LogP contribution in [0, 0.1) is 13.8 Å². The van der Waals surface area contributed by atoms with Gasteiger partial charge < -0.3 is 14.6 Å². The van der Waals surface area contributed by atoms with Crippen molar-refractivity contribution in [3.8, 4) is 5.75 Å². The summed E-state index contributed by atoms with van der Waals surface area (Å²) in [6, 6.07) is 3.76. The van der Waals surface area contributed by atoms with Gasteiger partial charge in [0.25, 0.3) is 0 Å². The fourth-order valence-electron chi connectivity index (χ4n) is 1.82. The third kappa shape index (κ3) is 4.04. The molecule has 0 bridgehead atoms. The number of methoxy groups -OCH3 is 1. The zero-order valence-electron chi connectivity index (χ0n) is 11.3. The summed E-state index contributed by atoms with van der Waals surface area (Å²) in [5.41, 5.74) is 2.70. The molecule has 0 fully saturated rings. The van der Waals surface area contributed by atoms with E-state index in [1.807, 2.05) is 32.9 Å². The molecule has 0 aliphatic heterocycles. The van der Waals surface area contributed by atoms with Gasteiger partial charge >= 0.3 is 5.97 Å². The highest BCUT2D eigenvalue weighted by molar-refractivity contribution is 5.71. The van der Waals surface area contributed by atoms with Gasteiger partial charge in [0.05, 0.1) is 13.0 Å². The molecule has 100 valence electrons. The third-order valence-electron chi connectivity index (χ3n) is 2.70. The second kappa shape index (κ2) is 6.40. The number of aryl methyl sites for hydroxylation is 2. The maximum absolute atomic E-state index is 10.7. The Morgan fingerprint density at radius 1 is 1.33 bits per heavy atom. The van der Waals surface area contributed by atoms with Crippen molar-refractivity contribution in [1.29, 1.82) is 0 Å². The molecule has 18 heavy (non-hydrogen) atoms. The lowest BCUT2D eigenvalue weighted by molar-refractivity contribution is -0.136. The van der Waals surface area contributed by atoms with E-state index in [4.69, 9.17) is 14.6 Å². The van der Waals surface area contributed by atoms with Gasteiger partial charge in [-0.25, -0.2) is 0 Å². The summed E-state index contributed by atoms with van der Waals surface area (Å²) < 4.78 is 10.8. The van der Waals surface area contributed by atoms with Crippen LogP contribution in [0.2, 0.25) is 0 Å². The third-order valence-corrected chi connectivity index (χ3v) is 2.70. The molecule has 0 aromatic heterocycles. The first-order chi connectivity index (χ1) is 8.43. The molecule has 0 aliphatic rings. The average Bonchev–Trinajstić information content (AvgIpc) is 2.25. The lowest BCUT2D eigenvalue weighted by atomic mass is 10.0. The number of carbonyl (C=O) groups is 1. The predicted octanol–water partition coefficient (Wildman–Crippen LogP) is 2.34. The normalized spacial score (nSPS) is 12.2. The van der Waals surface area contributed by atoms with Gasteiger partial charge in [-0.15, -0.1) is 0 Å². The second-order valence-electron chi connectivity index (χ2n) is 4.50. The highest BCUT2D eigenvalue weighted by Gasteiger charge is 2.11. The van der Waals surface area contributed by atoms with Gasteiger partial charge in [-0.3, -0.25) is 4.79 Å². The zero-order chi connectivity index (χ0) is 13.7. The van der Waals surface area contributed by atoms with Crippen LogP contribution < -0.4 is 4.74 Å². The quantitative estimate of drug-likeness (QED) is 0.844. The van der Waals surface area contributed by atoms with Crippen LogP contribution in [0.1, 0.15) is 23.6 Å². The molecule has 1 N–H and O–H groups in total. The van der Waals surface area contributed by atoms with Crippen LogP contribution in [0.4, 0.5) is 0 Å². The van der Waals surface area contributed by atoms with Crippen molar-refractivity contribution in [2.45, 2.75) is 33.3 Å². The van der Waals surface area contributed by atoms with Crippen LogP contribution >= 0.6 is 0 Å². The molecular formula is C14H20O4. The lowest BCUT2D eigenvalue weighted by Crippen LogP contribution is -2.18. The SMILES string of the molecule is COCC(C)Oc1cc(C)c(CC(=O)O)cc1C. The Morgan fingerprint density at radius 3 is 2.56 bits per heavy atom. The minimum absolute atomic E-state index is 0.0292. The smallest absolute Gasteiger partial charge is 0.307 e. The molecule has 1 unspecified atom stereocenters. The van der Waals surface area contributed by atoms with Crippen molar-refractivity contribution in [3.63, 3.8) is 0 Å². The highest BCUT2D eigenvalue weighted by Crippen LogP contribution is 2.24. The van der Waals surface area contributed by atoms with Gasteiger partial charge in [0.2, 0.25) is 0 Å². The van der Waals surface area contributed by atoms with E-state index in [2.05, 4.69) is 0 Å². The fraction of sp³-hybridized carbons (Fsp3) is 0.500. The van der Waals surface area contributed by atoms with Crippen molar-refractivity contribution in [2.75, 3.05) is 13.7 Å². The first-order valence-corrected chi connectivity index (χ1v) is 5.91. The van der Waals surface area contributed by atoms with Gasteiger partial charge in [-0.1, -0.05) is 6.07 Å². The second-order valence-corrected chi connectivity index (χ2v) is 4.50. The number of ether oxygens (including phenoxy) is 2. The van der Waals surface area contributed by atoms with Crippen molar-refractivity contribution in [1.82, 2.24) is 0 Å². The van der Waals surface area contributed by atoms with Crippen LogP contribution in [0.5, 0.6) is 5.75 Å². The van der Waals surface area contributed by atoms with Crippen LogP contribution in [0.25, 0.3) is 0 Å². The molecule has 4 nitrogen and oxygen atoms in total. The summed E-state index contributed by atoms with van der Waals surface area (Å²) in [5.74, 6) is -0.0369. The summed E-state index contributed by atoms with van der Waals surface area (Å²) in [5, 5.41) is 8.82. The van der Waals surface area contributed by atoms with Crippen LogP contribution in [0.3, 0.4) is 0 Å². The first-order valence-electron chi connectivity index (χ1n) is 5.91. The molecule has 1 aromatic carbocycles. The topological polar surface area (TPSA) is 55.8 Å². The van der Waals surface area contributed by atoms with Crippen molar-refractivity contribution >= 4 is 5.97 Å². The summed E-state index contributed by atoms with van der Waals surface area (Å²) in [4.78, 5) is 10.7. The molecule has 0 aliphatic carbocycles. The molecule has 0 saturated carbocycles. The number of rotatable bonds is 6. The largest absolute Gasteiger partial charge is 0.488 e. The van der Waals surface area contributed by atoms with E-state index < -0.39 is 5.97 Å². The molecule has 0 amide bonds. The maximum Gasteiger partial charge on any atom is 0.307 e. The van der Waals surface area contributed by atoms with E-state index in [0.717, 1.165) is 22.4 Å². The average molecular weight is 252 g/mol. The van der Waals surface area contributed by atoms with E-state index in [-0.39, 0.29) is 12.5 Å². The molecule has 1 rings (SSSR count). The van der Waals surface area contributed by atoms with Crippen molar-refractivity contribution in [3.05, 3.63) is 28.8 Å². The molecule has 1 aromatic rings. The van der Waals surface area contributed by atoms with E-state index in [9.17, 15) is 4.79 Å². The number of hydrogen-bond donors (Lipinski definition) is 1. The number of carboxylic acids is 1. The molecule has 0 radical (unpaired) electrons. The Bertz CT molecular complexity index is 426. The van der Waals surface area contributed by atoms with Gasteiger partial charge in [-0.05, 0) is 43.5 Å². The fourth-order valence-corrected chi connectivity index (χ4v) is 1.82. The first kappa shape index (κ1) is 14.5. The van der Waals surface area contributed by atoms with E-state index in [1.54, 1.807) is 7.11 Å². The minimum Gasteiger partial charge on any atom is -0.488 e. The van der Waals surface area contributed by atoms with Gasteiger partial charge in [0.1, 0.15) is 11.9 Å². The Labute approximate surface area is 108 Å². The molecule has 0 saturated heterocycles. The summed E-state index contributed by atoms with van der Waals surface area (Å²) in [6.07, 6.45) is 0.0130. The molecule has 4 heteroatoms. The molecular weight excluding hydrogens is 232 g/mol. The lowest BCUT2D eigenvalue weighted by Gasteiger charge is -2.17. The molecule has 1 atom stereocenters. The van der Waals surface area contributed by atoms with Crippen molar-refractivity contribution in [2.24, 2.45) is 0 Å². The monoisotopic (exact) mass is 252 g/mol. The number of carboxylic acid groups (broad SMARTS) is 1. The van der Waals surface area contributed by atoms with Crippen LogP contribution in [-0.2, 0) is 16.0 Å². The van der Waals surface area contributed by atoms with Crippen molar-refractivity contribution < 1.29 is 19.4 Å². The predicted molar refractivity (Wildman–Crippen MR) is 69.2 cm³/mol. The van der Waals surface area contributed by atoms with Gasteiger partial charge in [0.15, 0.2) is 0 Å². The number of benzene rings is 1. The summed E-state index contributed by atoms with van der Waals surface area (Å²) in [6.45, 7) is 6.27. The Morgan fingerprint density at radius 2 is 2.00 bits per heavy atom. The molecule has 0 heterocycles. The zero-order valence-corrected chi connectivity index (χ0v) is 11.3. The van der Waals surface area contributed by atoms with Crippen LogP contribution in [-0.4, -0.2) is 30.9 Å². The minimum atomic E-state index is -0.820. The van der Waals surface area contributed by atoms with E-state index >= 15 is 0 Å². The Hall–Kier alpha value is -1.55.